The van der Waals surface area contributed by atoms with Crippen molar-refractivity contribution in [1.29, 1.82) is 0 Å². The Morgan fingerprint density at radius 3 is 1.95 bits per heavy atom. The number of hydrogen-bond donors (Lipinski definition) is 2. The van der Waals surface area contributed by atoms with Gasteiger partial charge < -0.3 is 20.5 Å². The van der Waals surface area contributed by atoms with E-state index in [1.807, 2.05) is 37.3 Å². The van der Waals surface area contributed by atoms with Gasteiger partial charge in [0.15, 0.2) is 5.75 Å². The Kier molecular flexibility index (Phi) is 11.1. The van der Waals surface area contributed by atoms with E-state index < -0.39 is 11.9 Å². The average Bonchev–Trinajstić information content (AvgIpc) is 2.37. The fourth-order valence-corrected chi connectivity index (χ4v) is 0.830. The highest BCUT2D eigenvalue weighted by Gasteiger charge is 2.04. The second-order valence-corrected chi connectivity index (χ2v) is 2.85. The van der Waals surface area contributed by atoms with Crippen LogP contribution in [0.2, 0.25) is 0 Å². The van der Waals surface area contributed by atoms with Crippen molar-refractivity contribution in [2.45, 2.75) is 6.92 Å². The molecule has 0 spiro atoms. The summed E-state index contributed by atoms with van der Waals surface area (Å²) in [5.74, 6) is -2.87. The minimum Gasteiger partial charge on any atom is -0.473 e. The van der Waals surface area contributed by atoms with Crippen LogP contribution in [0.5, 0.6) is 5.75 Å². The lowest BCUT2D eigenvalue weighted by Crippen LogP contribution is -2.25. The number of carboxylic acids is 2. The first-order valence-corrected chi connectivity index (χ1v) is 5.02. The molecule has 0 radical (unpaired) electrons. The van der Waals surface area contributed by atoms with Crippen LogP contribution < -0.4 is 4.84 Å². The van der Waals surface area contributed by atoms with Crippen LogP contribution in [0.4, 0.5) is 0 Å². The van der Waals surface area contributed by atoms with Crippen molar-refractivity contribution in [3.8, 4) is 5.75 Å². The van der Waals surface area contributed by atoms with Gasteiger partial charge >= 0.3 is 11.9 Å². The van der Waals surface area contributed by atoms with E-state index in [0.29, 0.717) is 6.54 Å². The molecule has 1 aromatic rings. The number of carbonyl (C=O) groups is 2. The quantitative estimate of drug-likeness (QED) is 0.593. The fourth-order valence-electron chi connectivity index (χ4n) is 0.830. The number of carboxylic acid groups (broad SMARTS) is 2. The monoisotopic (exact) mass is 275 g/mol. The van der Waals surface area contributed by atoms with Crippen LogP contribution in [0.15, 0.2) is 30.3 Å². The van der Waals surface area contributed by atoms with Crippen LogP contribution >= 0.6 is 0 Å². The molecule has 0 fully saturated rings. The number of hydrogen-bond acceptors (Lipinski definition) is 5. The molecule has 0 saturated heterocycles. The summed E-state index contributed by atoms with van der Waals surface area (Å²) in [5, 5.41) is 16.2. The molecule has 19 heavy (non-hydrogen) atoms. The third-order valence-corrected chi connectivity index (χ3v) is 1.60. The second-order valence-electron chi connectivity index (χ2n) is 2.85. The lowest BCUT2D eigenvalue weighted by molar-refractivity contribution is -0.299. The molecule has 8 nitrogen and oxygen atoms in total. The van der Waals surface area contributed by atoms with Gasteiger partial charge in [0, 0.05) is 0 Å². The van der Waals surface area contributed by atoms with Gasteiger partial charge in [-0.25, -0.2) is 9.59 Å². The lowest BCUT2D eigenvalue weighted by Gasteiger charge is -2.16. The summed E-state index contributed by atoms with van der Waals surface area (Å²) in [5.41, 5.74) is 0. The molecular formula is C11H17NO7. The van der Waals surface area contributed by atoms with Crippen molar-refractivity contribution in [2.75, 3.05) is 13.7 Å². The van der Waals surface area contributed by atoms with Crippen LogP contribution in [0.25, 0.3) is 0 Å². The van der Waals surface area contributed by atoms with E-state index in [-0.39, 0.29) is 5.48 Å². The summed E-state index contributed by atoms with van der Waals surface area (Å²) in [4.78, 5) is 28.4. The first-order chi connectivity index (χ1) is 8.51. The third-order valence-electron chi connectivity index (χ3n) is 1.60. The summed E-state index contributed by atoms with van der Waals surface area (Å²) in [6.45, 7) is 2.64. The Morgan fingerprint density at radius 2 is 1.63 bits per heavy atom. The Labute approximate surface area is 110 Å². The summed E-state index contributed by atoms with van der Waals surface area (Å²) >= 11 is 0. The molecule has 0 heterocycles. The lowest BCUT2D eigenvalue weighted by atomic mass is 10.3. The molecule has 0 amide bonds. The molecule has 0 atom stereocenters. The maximum Gasteiger partial charge on any atom is 0.414 e. The topological polar surface area (TPSA) is 128 Å². The molecule has 8 heteroatoms. The summed E-state index contributed by atoms with van der Waals surface area (Å²) in [6, 6.07) is 9.52. The summed E-state index contributed by atoms with van der Waals surface area (Å²) < 4.78 is 0. The van der Waals surface area contributed by atoms with E-state index in [4.69, 9.17) is 29.5 Å². The van der Waals surface area contributed by atoms with E-state index in [9.17, 15) is 0 Å². The van der Waals surface area contributed by atoms with Crippen LogP contribution in [0.3, 0.4) is 0 Å². The Morgan fingerprint density at radius 1 is 1.16 bits per heavy atom. The van der Waals surface area contributed by atoms with E-state index in [1.54, 1.807) is 7.11 Å². The zero-order chi connectivity index (χ0) is 14.0. The number of aliphatic carboxylic acids is 2. The Bertz CT molecular complexity index is 353. The average molecular weight is 275 g/mol. The standard InChI is InChI=1S/C9H13NO2.C2H2O4.H2O/c1-3-10(11-2)12-9-7-5-4-6-8-9;3-1(4)2(5)6;/h4-8H,3H2,1-2H3;(H,3,4)(H,5,6);1H2. The molecule has 0 saturated carbocycles. The van der Waals surface area contributed by atoms with Gasteiger partial charge in [-0.1, -0.05) is 18.2 Å². The van der Waals surface area contributed by atoms with Gasteiger partial charge in [-0.2, -0.15) is 0 Å². The van der Waals surface area contributed by atoms with E-state index in [0.717, 1.165) is 5.75 Å². The SMILES string of the molecule is CCN(OC)Oc1ccccc1.O.O=C(O)C(=O)O. The molecular weight excluding hydrogens is 258 g/mol. The maximum absolute atomic E-state index is 9.10. The van der Waals surface area contributed by atoms with Crippen molar-refractivity contribution in [3.63, 3.8) is 0 Å². The van der Waals surface area contributed by atoms with E-state index >= 15 is 0 Å². The third kappa shape index (κ3) is 9.53. The van der Waals surface area contributed by atoms with E-state index in [1.165, 1.54) is 5.23 Å². The predicted molar refractivity (Wildman–Crippen MR) is 65.3 cm³/mol. The normalized spacial score (nSPS) is 8.79. The number of para-hydroxylation sites is 1. The number of benzene rings is 1. The van der Waals surface area contributed by atoms with E-state index in [2.05, 4.69) is 0 Å². The van der Waals surface area contributed by atoms with Gasteiger partial charge in [-0.05, 0) is 24.3 Å². The molecule has 0 aliphatic carbocycles. The van der Waals surface area contributed by atoms with Crippen molar-refractivity contribution < 1.29 is 35.0 Å². The van der Waals surface area contributed by atoms with Gasteiger partial charge in [-0.15, -0.1) is 0 Å². The van der Waals surface area contributed by atoms with Crippen molar-refractivity contribution in [1.82, 2.24) is 5.23 Å². The zero-order valence-electron chi connectivity index (χ0n) is 10.6. The maximum atomic E-state index is 9.10. The molecule has 108 valence electrons. The van der Waals surface area contributed by atoms with Gasteiger partial charge in [0.05, 0.1) is 13.7 Å². The van der Waals surface area contributed by atoms with Gasteiger partial charge in [0.25, 0.3) is 0 Å². The van der Waals surface area contributed by atoms with Crippen molar-refractivity contribution >= 4 is 11.9 Å². The summed E-state index contributed by atoms with van der Waals surface area (Å²) in [6.07, 6.45) is 0. The zero-order valence-corrected chi connectivity index (χ0v) is 10.6. The molecule has 0 aliphatic heterocycles. The highest BCUT2D eigenvalue weighted by Crippen LogP contribution is 2.09. The number of nitrogens with zero attached hydrogens (tertiary/aromatic N) is 1. The highest BCUT2D eigenvalue weighted by molar-refractivity contribution is 6.27. The number of hydroxylamine groups is 2. The molecule has 0 aromatic heterocycles. The largest absolute Gasteiger partial charge is 0.473 e. The first-order valence-electron chi connectivity index (χ1n) is 5.02. The predicted octanol–water partition coefficient (Wildman–Crippen LogP) is 0.195. The Balaban J connectivity index is 0. The second kappa shape index (κ2) is 11.0. The molecule has 0 bridgehead atoms. The van der Waals surface area contributed by atoms with Crippen molar-refractivity contribution in [3.05, 3.63) is 30.3 Å². The van der Waals surface area contributed by atoms with Gasteiger partial charge in [0.1, 0.15) is 0 Å². The molecule has 0 aliphatic rings. The Hall–Kier alpha value is -2.16. The smallest absolute Gasteiger partial charge is 0.414 e. The molecule has 1 rings (SSSR count). The molecule has 4 N–H and O–H groups in total. The van der Waals surface area contributed by atoms with Crippen LogP contribution in [-0.4, -0.2) is 46.5 Å². The van der Waals surface area contributed by atoms with Gasteiger partial charge in [-0.3, -0.25) is 4.84 Å². The molecule has 1 aromatic carbocycles. The summed E-state index contributed by atoms with van der Waals surface area (Å²) in [7, 11) is 1.58. The number of rotatable bonds is 4. The van der Waals surface area contributed by atoms with Crippen LogP contribution in [-0.2, 0) is 14.4 Å². The van der Waals surface area contributed by atoms with Gasteiger partial charge in [0.2, 0.25) is 0 Å². The minimum absolute atomic E-state index is 0. The van der Waals surface area contributed by atoms with Crippen molar-refractivity contribution in [2.24, 2.45) is 0 Å². The highest BCUT2D eigenvalue weighted by atomic mass is 16.9. The van der Waals surface area contributed by atoms with Crippen LogP contribution in [0.1, 0.15) is 6.92 Å². The van der Waals surface area contributed by atoms with Crippen LogP contribution in [0, 0.1) is 0 Å². The molecule has 0 unspecified atom stereocenters. The first kappa shape index (κ1) is 19.2. The fraction of sp³-hybridized carbons (Fsp3) is 0.273. The minimum atomic E-state index is -1.82.